The van der Waals surface area contributed by atoms with Gasteiger partial charge in [0.25, 0.3) is 5.91 Å². The summed E-state index contributed by atoms with van der Waals surface area (Å²) < 4.78 is 23.1. The zero-order chi connectivity index (χ0) is 18.0. The maximum atomic E-state index is 12.7. The molecule has 0 radical (unpaired) electrons. The molecule has 2 aromatic rings. The van der Waals surface area contributed by atoms with Crippen LogP contribution in [-0.4, -0.2) is 43.8 Å². The summed E-state index contributed by atoms with van der Waals surface area (Å²) in [6, 6.07) is 15.9. The van der Waals surface area contributed by atoms with Crippen LogP contribution in [0.1, 0.15) is 28.8 Å². The van der Waals surface area contributed by atoms with Crippen molar-refractivity contribution in [3.63, 3.8) is 0 Å². The minimum absolute atomic E-state index is 0.00667. The smallest absolute Gasteiger partial charge is 0.253 e. The average molecular weight is 357 g/mol. The molecule has 1 saturated heterocycles. The number of benzene rings is 2. The predicted molar refractivity (Wildman–Crippen MR) is 100 cm³/mol. The van der Waals surface area contributed by atoms with Crippen LogP contribution in [-0.2, 0) is 9.84 Å². The van der Waals surface area contributed by atoms with Crippen molar-refractivity contribution in [3.8, 4) is 11.1 Å². The second-order valence-electron chi connectivity index (χ2n) is 6.74. The summed E-state index contributed by atoms with van der Waals surface area (Å²) in [5, 5.41) is 0. The van der Waals surface area contributed by atoms with Gasteiger partial charge >= 0.3 is 0 Å². The molecule has 132 valence electrons. The minimum Gasteiger partial charge on any atom is -0.339 e. The summed E-state index contributed by atoms with van der Waals surface area (Å²) in [6.45, 7) is 2.05. The van der Waals surface area contributed by atoms with Crippen LogP contribution in [0.2, 0.25) is 0 Å². The summed E-state index contributed by atoms with van der Waals surface area (Å²) in [6.07, 6.45) is 1.04. The molecule has 0 bridgehead atoms. The van der Waals surface area contributed by atoms with E-state index < -0.39 is 9.84 Å². The van der Waals surface area contributed by atoms with E-state index in [9.17, 15) is 13.2 Å². The van der Waals surface area contributed by atoms with Gasteiger partial charge in [-0.3, -0.25) is 4.79 Å². The Morgan fingerprint density at radius 1 is 0.920 bits per heavy atom. The fourth-order valence-electron chi connectivity index (χ4n) is 3.19. The highest BCUT2D eigenvalue weighted by Crippen LogP contribution is 2.22. The highest BCUT2D eigenvalue weighted by atomic mass is 32.2. The molecule has 1 aliphatic rings. The van der Waals surface area contributed by atoms with Crippen LogP contribution in [0.3, 0.4) is 0 Å². The maximum absolute atomic E-state index is 12.7. The van der Waals surface area contributed by atoms with Gasteiger partial charge in [-0.2, -0.15) is 0 Å². The van der Waals surface area contributed by atoms with Crippen LogP contribution >= 0.6 is 0 Å². The fourth-order valence-corrected chi connectivity index (χ4v) is 4.65. The number of hydrogen-bond acceptors (Lipinski definition) is 3. The van der Waals surface area contributed by atoms with Gasteiger partial charge in [-0.1, -0.05) is 42.0 Å². The zero-order valence-corrected chi connectivity index (χ0v) is 15.4. The molecule has 3 rings (SSSR count). The molecule has 5 heteroatoms. The second-order valence-corrected chi connectivity index (χ2v) is 9.05. The zero-order valence-electron chi connectivity index (χ0n) is 14.6. The standard InChI is InChI=1S/C20H23NO3S/c1-15-3-5-16(6-4-15)17-7-9-18(10-8-17)20(22)21(2)19-11-13-25(23,24)14-12-19/h3-10,19H,11-14H2,1-2H3. The van der Waals surface area contributed by atoms with Gasteiger partial charge in [0.1, 0.15) is 9.84 Å². The van der Waals surface area contributed by atoms with E-state index in [-0.39, 0.29) is 23.5 Å². The molecule has 1 heterocycles. The molecule has 0 saturated carbocycles. The van der Waals surface area contributed by atoms with Crippen LogP contribution in [0.5, 0.6) is 0 Å². The molecule has 2 aromatic carbocycles. The van der Waals surface area contributed by atoms with Crippen molar-refractivity contribution in [1.29, 1.82) is 0 Å². The van der Waals surface area contributed by atoms with E-state index in [0.29, 0.717) is 18.4 Å². The first-order valence-corrected chi connectivity index (χ1v) is 10.3. The van der Waals surface area contributed by atoms with Crippen molar-refractivity contribution in [3.05, 3.63) is 59.7 Å². The lowest BCUT2D eigenvalue weighted by Gasteiger charge is -2.31. The van der Waals surface area contributed by atoms with E-state index in [4.69, 9.17) is 0 Å². The van der Waals surface area contributed by atoms with Crippen LogP contribution in [0.25, 0.3) is 11.1 Å². The number of hydrogen-bond donors (Lipinski definition) is 0. The SMILES string of the molecule is Cc1ccc(-c2ccc(C(=O)N(C)C3CCS(=O)(=O)CC3)cc2)cc1. The molecule has 0 aromatic heterocycles. The summed E-state index contributed by atoms with van der Waals surface area (Å²) in [5.41, 5.74) is 4.04. The molecule has 0 atom stereocenters. The van der Waals surface area contributed by atoms with Gasteiger partial charge in [-0.05, 0) is 43.0 Å². The minimum atomic E-state index is -2.92. The van der Waals surface area contributed by atoms with Crippen LogP contribution in [0.4, 0.5) is 0 Å². The summed E-state index contributed by atoms with van der Waals surface area (Å²) in [7, 11) is -1.15. The van der Waals surface area contributed by atoms with Crippen LogP contribution in [0.15, 0.2) is 48.5 Å². The Balaban J connectivity index is 1.71. The Labute approximate surface area is 149 Å². The Morgan fingerprint density at radius 3 is 1.92 bits per heavy atom. The summed E-state index contributed by atoms with van der Waals surface area (Å²) in [5.74, 6) is 0.281. The predicted octanol–water partition coefficient (Wildman–Crippen LogP) is 3.31. The summed E-state index contributed by atoms with van der Waals surface area (Å²) >= 11 is 0. The first-order valence-electron chi connectivity index (χ1n) is 8.50. The molecule has 0 N–H and O–H groups in total. The Hall–Kier alpha value is -2.14. The first-order chi connectivity index (χ1) is 11.9. The molecular formula is C20H23NO3S. The van der Waals surface area contributed by atoms with E-state index in [1.807, 2.05) is 24.3 Å². The third-order valence-electron chi connectivity index (χ3n) is 4.91. The van der Waals surface area contributed by atoms with E-state index in [1.54, 1.807) is 11.9 Å². The third-order valence-corrected chi connectivity index (χ3v) is 6.62. The number of amides is 1. The number of sulfone groups is 1. The van der Waals surface area contributed by atoms with Crippen molar-refractivity contribution < 1.29 is 13.2 Å². The monoisotopic (exact) mass is 357 g/mol. The molecular weight excluding hydrogens is 334 g/mol. The molecule has 1 aliphatic heterocycles. The van der Waals surface area contributed by atoms with Crippen molar-refractivity contribution in [2.24, 2.45) is 0 Å². The number of carbonyl (C=O) groups excluding carboxylic acids is 1. The lowest BCUT2D eigenvalue weighted by Crippen LogP contribution is -2.42. The normalized spacial score (nSPS) is 17.2. The van der Waals surface area contributed by atoms with Gasteiger partial charge < -0.3 is 4.90 Å². The van der Waals surface area contributed by atoms with Gasteiger partial charge in [0.15, 0.2) is 0 Å². The Bertz CT molecular complexity index is 841. The molecule has 0 unspecified atom stereocenters. The van der Waals surface area contributed by atoms with Gasteiger partial charge in [0, 0.05) is 18.7 Å². The van der Waals surface area contributed by atoms with Crippen molar-refractivity contribution >= 4 is 15.7 Å². The Morgan fingerprint density at radius 2 is 1.40 bits per heavy atom. The maximum Gasteiger partial charge on any atom is 0.253 e. The van der Waals surface area contributed by atoms with Gasteiger partial charge in [-0.15, -0.1) is 0 Å². The van der Waals surface area contributed by atoms with Gasteiger partial charge in [0.05, 0.1) is 11.5 Å². The fraction of sp³-hybridized carbons (Fsp3) is 0.350. The Kier molecular flexibility index (Phi) is 4.95. The van der Waals surface area contributed by atoms with E-state index in [1.165, 1.54) is 5.56 Å². The molecule has 25 heavy (non-hydrogen) atoms. The largest absolute Gasteiger partial charge is 0.339 e. The van der Waals surface area contributed by atoms with Crippen molar-refractivity contribution in [1.82, 2.24) is 4.90 Å². The van der Waals surface area contributed by atoms with E-state index in [0.717, 1.165) is 11.1 Å². The molecule has 4 nitrogen and oxygen atoms in total. The van der Waals surface area contributed by atoms with E-state index >= 15 is 0 Å². The first kappa shape index (κ1) is 17.7. The topological polar surface area (TPSA) is 54.5 Å². The average Bonchev–Trinajstić information content (AvgIpc) is 2.61. The van der Waals surface area contributed by atoms with Crippen LogP contribution in [0, 0.1) is 6.92 Å². The molecule has 1 amide bonds. The molecule has 0 spiro atoms. The van der Waals surface area contributed by atoms with Gasteiger partial charge in [-0.25, -0.2) is 8.42 Å². The highest BCUT2D eigenvalue weighted by molar-refractivity contribution is 7.91. The number of aryl methyl sites for hydroxylation is 1. The molecule has 1 fully saturated rings. The summed E-state index contributed by atoms with van der Waals surface area (Å²) in [4.78, 5) is 14.4. The van der Waals surface area contributed by atoms with Gasteiger partial charge in [0.2, 0.25) is 0 Å². The lowest BCUT2D eigenvalue weighted by atomic mass is 10.0. The highest BCUT2D eigenvalue weighted by Gasteiger charge is 2.28. The van der Waals surface area contributed by atoms with Crippen molar-refractivity contribution in [2.45, 2.75) is 25.8 Å². The van der Waals surface area contributed by atoms with Crippen LogP contribution < -0.4 is 0 Å². The quantitative estimate of drug-likeness (QED) is 0.847. The molecule has 0 aliphatic carbocycles. The van der Waals surface area contributed by atoms with E-state index in [2.05, 4.69) is 31.2 Å². The number of carbonyl (C=O) groups is 1. The lowest BCUT2D eigenvalue weighted by molar-refractivity contribution is 0.0722. The second kappa shape index (κ2) is 7.00. The third kappa shape index (κ3) is 4.10. The number of nitrogens with zero attached hydrogens (tertiary/aromatic N) is 1. The van der Waals surface area contributed by atoms with Crippen molar-refractivity contribution in [2.75, 3.05) is 18.6 Å². The number of rotatable bonds is 3.